The first-order chi connectivity index (χ1) is 14.0. The fraction of sp³-hybridized carbons (Fsp3) is 0.222. The molecule has 0 aliphatic rings. The first kappa shape index (κ1) is 21.7. The van der Waals surface area contributed by atoms with Crippen LogP contribution in [0.2, 0.25) is 0 Å². The highest BCUT2D eigenvalue weighted by molar-refractivity contribution is 7.03. The summed E-state index contributed by atoms with van der Waals surface area (Å²) in [4.78, 5) is 17.7. The van der Waals surface area contributed by atoms with Crippen LogP contribution in [0.15, 0.2) is 48.1 Å². The Kier molecular flexibility index (Phi) is 6.06. The molecule has 0 saturated heterocycles. The molecule has 0 fully saturated rings. The fourth-order valence-corrected chi connectivity index (χ4v) is 3.09. The van der Waals surface area contributed by atoms with Crippen molar-refractivity contribution in [2.24, 2.45) is 0 Å². The standard InChI is InChI=1S/C18H12F6N4OS/c19-17(20,21)13-4-12(5-14(6-13)18(22,23)24)9-28(8-11-2-1-3-25-7-11)16(29)15-10-30-27-26-15/h1-7,10H,8-9H2. The number of pyridine rings is 1. The molecule has 0 aliphatic heterocycles. The molecule has 12 heteroatoms. The van der Waals surface area contributed by atoms with Gasteiger partial charge in [0.25, 0.3) is 5.91 Å². The Bertz CT molecular complexity index is 974. The third kappa shape index (κ3) is 5.32. The number of alkyl halides is 6. The van der Waals surface area contributed by atoms with E-state index in [9.17, 15) is 31.1 Å². The molecule has 0 atom stereocenters. The van der Waals surface area contributed by atoms with E-state index in [1.165, 1.54) is 17.8 Å². The molecule has 0 saturated carbocycles. The van der Waals surface area contributed by atoms with Crippen molar-refractivity contribution in [3.05, 3.63) is 76.1 Å². The lowest BCUT2D eigenvalue weighted by Crippen LogP contribution is -2.30. The molecule has 3 aromatic rings. The van der Waals surface area contributed by atoms with Crippen molar-refractivity contribution in [1.29, 1.82) is 0 Å². The predicted octanol–water partition coefficient (Wildman–Crippen LogP) is 4.81. The quantitative estimate of drug-likeness (QED) is 0.528. The molecule has 0 bridgehead atoms. The number of aromatic nitrogens is 3. The summed E-state index contributed by atoms with van der Waals surface area (Å²) in [6.45, 7) is -0.597. The number of benzene rings is 1. The van der Waals surface area contributed by atoms with Gasteiger partial charge >= 0.3 is 12.4 Å². The van der Waals surface area contributed by atoms with E-state index < -0.39 is 35.9 Å². The van der Waals surface area contributed by atoms with Crippen LogP contribution >= 0.6 is 11.5 Å². The monoisotopic (exact) mass is 446 g/mol. The zero-order valence-corrected chi connectivity index (χ0v) is 15.7. The molecule has 0 spiro atoms. The van der Waals surface area contributed by atoms with Crippen molar-refractivity contribution in [2.75, 3.05) is 0 Å². The second-order valence-electron chi connectivity index (χ2n) is 6.23. The van der Waals surface area contributed by atoms with E-state index in [-0.39, 0.29) is 23.9 Å². The minimum atomic E-state index is -4.98. The smallest absolute Gasteiger partial charge is 0.329 e. The number of carbonyl (C=O) groups is 1. The summed E-state index contributed by atoms with van der Waals surface area (Å²) in [6.07, 6.45) is -7.03. The topological polar surface area (TPSA) is 59.0 Å². The molecular formula is C18H12F6N4OS. The van der Waals surface area contributed by atoms with Crippen LogP contribution in [-0.4, -0.2) is 25.4 Å². The molecule has 2 heterocycles. The highest BCUT2D eigenvalue weighted by Gasteiger charge is 2.37. The summed E-state index contributed by atoms with van der Waals surface area (Å²) >= 11 is 0.891. The van der Waals surface area contributed by atoms with Gasteiger partial charge in [-0.05, 0) is 46.9 Å². The lowest BCUT2D eigenvalue weighted by Gasteiger charge is -2.23. The Hall–Kier alpha value is -3.02. The van der Waals surface area contributed by atoms with E-state index in [0.717, 1.165) is 16.4 Å². The second-order valence-corrected chi connectivity index (χ2v) is 6.84. The number of nitrogens with zero attached hydrogens (tertiary/aromatic N) is 4. The third-order valence-electron chi connectivity index (χ3n) is 3.98. The Morgan fingerprint density at radius 1 is 0.967 bits per heavy atom. The number of carbonyl (C=O) groups excluding carboxylic acids is 1. The minimum absolute atomic E-state index is 0.0428. The summed E-state index contributed by atoms with van der Waals surface area (Å²) in [7, 11) is 0. The highest BCUT2D eigenvalue weighted by Crippen LogP contribution is 2.36. The maximum Gasteiger partial charge on any atom is 0.416 e. The average molecular weight is 446 g/mol. The Morgan fingerprint density at radius 3 is 2.10 bits per heavy atom. The highest BCUT2D eigenvalue weighted by atomic mass is 32.1. The van der Waals surface area contributed by atoms with E-state index >= 15 is 0 Å². The average Bonchev–Trinajstić information content (AvgIpc) is 3.21. The molecule has 158 valence electrons. The van der Waals surface area contributed by atoms with Crippen molar-refractivity contribution in [3.63, 3.8) is 0 Å². The summed E-state index contributed by atoms with van der Waals surface area (Å²) in [5.41, 5.74) is -2.74. The molecule has 0 N–H and O–H groups in total. The van der Waals surface area contributed by atoms with Gasteiger partial charge < -0.3 is 4.90 Å². The molecule has 2 aromatic heterocycles. The van der Waals surface area contributed by atoms with Gasteiger partial charge in [0.15, 0.2) is 5.69 Å². The van der Waals surface area contributed by atoms with Gasteiger partial charge in [-0.25, -0.2) is 0 Å². The Morgan fingerprint density at radius 2 is 1.60 bits per heavy atom. The number of hydrogen-bond acceptors (Lipinski definition) is 5. The van der Waals surface area contributed by atoms with Gasteiger partial charge in [0.1, 0.15) is 0 Å². The normalized spacial score (nSPS) is 12.1. The van der Waals surface area contributed by atoms with Crippen LogP contribution in [-0.2, 0) is 25.4 Å². The first-order valence-electron chi connectivity index (χ1n) is 8.27. The third-order valence-corrected chi connectivity index (χ3v) is 4.49. The van der Waals surface area contributed by atoms with E-state index in [2.05, 4.69) is 14.6 Å². The van der Waals surface area contributed by atoms with Crippen LogP contribution in [0.25, 0.3) is 0 Å². The summed E-state index contributed by atoms with van der Waals surface area (Å²) in [6, 6.07) is 4.45. The van der Waals surface area contributed by atoms with E-state index in [0.29, 0.717) is 17.7 Å². The summed E-state index contributed by atoms with van der Waals surface area (Å²) < 4.78 is 82.3. The molecule has 0 unspecified atom stereocenters. The van der Waals surface area contributed by atoms with Crippen LogP contribution in [0.4, 0.5) is 26.3 Å². The van der Waals surface area contributed by atoms with Crippen molar-refractivity contribution >= 4 is 17.4 Å². The van der Waals surface area contributed by atoms with Crippen LogP contribution in [0.5, 0.6) is 0 Å². The zero-order chi connectivity index (χ0) is 21.9. The van der Waals surface area contributed by atoms with E-state index in [4.69, 9.17) is 0 Å². The molecule has 1 aromatic carbocycles. The Labute approximate surface area is 170 Å². The lowest BCUT2D eigenvalue weighted by atomic mass is 10.0. The van der Waals surface area contributed by atoms with Gasteiger partial charge in [-0.15, -0.1) is 5.10 Å². The zero-order valence-electron chi connectivity index (χ0n) is 14.9. The number of rotatable bonds is 5. The van der Waals surface area contributed by atoms with Gasteiger partial charge in [0.2, 0.25) is 0 Å². The molecule has 1 amide bonds. The largest absolute Gasteiger partial charge is 0.416 e. The van der Waals surface area contributed by atoms with Crippen LogP contribution in [0, 0.1) is 0 Å². The van der Waals surface area contributed by atoms with E-state index in [1.54, 1.807) is 12.1 Å². The van der Waals surface area contributed by atoms with Gasteiger partial charge in [-0.3, -0.25) is 9.78 Å². The van der Waals surface area contributed by atoms with Crippen molar-refractivity contribution < 1.29 is 31.1 Å². The van der Waals surface area contributed by atoms with Gasteiger partial charge in [-0.2, -0.15) is 26.3 Å². The lowest BCUT2D eigenvalue weighted by molar-refractivity contribution is -0.143. The van der Waals surface area contributed by atoms with Crippen molar-refractivity contribution in [3.8, 4) is 0 Å². The number of halogens is 6. The molecular weight excluding hydrogens is 434 g/mol. The SMILES string of the molecule is O=C(c1csnn1)N(Cc1cccnc1)Cc1cc(C(F)(F)F)cc(C(F)(F)F)c1. The number of hydrogen-bond donors (Lipinski definition) is 0. The van der Waals surface area contributed by atoms with Crippen molar-refractivity contribution in [2.45, 2.75) is 25.4 Å². The molecule has 0 radical (unpaired) electrons. The molecule has 30 heavy (non-hydrogen) atoms. The minimum Gasteiger partial charge on any atom is -0.329 e. The maximum atomic E-state index is 13.1. The van der Waals surface area contributed by atoms with Crippen LogP contribution < -0.4 is 0 Å². The summed E-state index contributed by atoms with van der Waals surface area (Å²) in [5, 5.41) is 4.97. The maximum absolute atomic E-state index is 13.1. The predicted molar refractivity (Wildman–Crippen MR) is 94.2 cm³/mol. The Balaban J connectivity index is 1.99. The number of amides is 1. The van der Waals surface area contributed by atoms with Crippen LogP contribution in [0.3, 0.4) is 0 Å². The molecule has 5 nitrogen and oxygen atoms in total. The van der Waals surface area contributed by atoms with Crippen LogP contribution in [0.1, 0.15) is 32.7 Å². The first-order valence-corrected chi connectivity index (χ1v) is 9.11. The van der Waals surface area contributed by atoms with E-state index in [1.807, 2.05) is 0 Å². The molecule has 3 rings (SSSR count). The summed E-state index contributed by atoms with van der Waals surface area (Å²) in [5.74, 6) is -0.682. The van der Waals surface area contributed by atoms with Gasteiger partial charge in [0.05, 0.1) is 11.1 Å². The molecule has 0 aliphatic carbocycles. The second kappa shape index (κ2) is 8.38. The van der Waals surface area contributed by atoms with Gasteiger partial charge in [0, 0.05) is 30.9 Å². The van der Waals surface area contributed by atoms with Gasteiger partial charge in [-0.1, -0.05) is 10.6 Å². The van der Waals surface area contributed by atoms with Crippen molar-refractivity contribution in [1.82, 2.24) is 19.5 Å². The fourth-order valence-electron chi connectivity index (χ4n) is 2.66.